The largest absolute Gasteiger partial charge is 0.480 e. The van der Waals surface area contributed by atoms with Crippen LogP contribution in [0, 0.1) is 5.92 Å². The predicted molar refractivity (Wildman–Crippen MR) is 138 cm³/mol. The lowest BCUT2D eigenvalue weighted by Gasteiger charge is -2.26. The maximum atomic E-state index is 13.2. The third kappa shape index (κ3) is 12.2. The van der Waals surface area contributed by atoms with Crippen LogP contribution in [0.3, 0.4) is 0 Å². The van der Waals surface area contributed by atoms with Gasteiger partial charge in [-0.3, -0.25) is 19.4 Å². The van der Waals surface area contributed by atoms with E-state index in [9.17, 15) is 24.3 Å². The van der Waals surface area contributed by atoms with E-state index >= 15 is 0 Å². The second kappa shape index (κ2) is 16.1. The number of guanidine groups is 1. The van der Waals surface area contributed by atoms with Gasteiger partial charge in [0, 0.05) is 6.54 Å². The van der Waals surface area contributed by atoms with E-state index in [1.807, 2.05) is 44.2 Å². The van der Waals surface area contributed by atoms with Gasteiger partial charge in [0.1, 0.15) is 18.1 Å². The van der Waals surface area contributed by atoms with E-state index in [0.29, 0.717) is 6.42 Å². The number of amides is 3. The number of carboxylic acid groups (broad SMARTS) is 1. The molecule has 0 aliphatic heterocycles. The van der Waals surface area contributed by atoms with E-state index in [1.165, 1.54) is 0 Å². The third-order valence-electron chi connectivity index (χ3n) is 5.35. The Kier molecular flexibility index (Phi) is 13.6. The smallest absolute Gasteiger partial charge is 0.328 e. The zero-order chi connectivity index (χ0) is 28.0. The average molecular weight is 522 g/mol. The number of rotatable bonds is 16. The molecule has 13 nitrogen and oxygen atoms in total. The van der Waals surface area contributed by atoms with Crippen molar-refractivity contribution in [1.82, 2.24) is 16.0 Å². The van der Waals surface area contributed by atoms with Gasteiger partial charge in [-0.25, -0.2) is 4.79 Å². The van der Waals surface area contributed by atoms with Crippen molar-refractivity contribution in [2.24, 2.45) is 28.1 Å². The molecule has 37 heavy (non-hydrogen) atoms. The predicted octanol–water partition coefficient (Wildman–Crippen LogP) is -1.81. The molecule has 0 saturated heterocycles. The summed E-state index contributed by atoms with van der Waals surface area (Å²) < 4.78 is 0. The Morgan fingerprint density at radius 2 is 1.49 bits per heavy atom. The number of aliphatic hydroxyl groups is 1. The van der Waals surface area contributed by atoms with E-state index in [1.54, 1.807) is 0 Å². The minimum atomic E-state index is -1.52. The Bertz CT molecular complexity index is 921. The maximum absolute atomic E-state index is 13.2. The molecule has 3 amide bonds. The van der Waals surface area contributed by atoms with Crippen LogP contribution < -0.4 is 33.2 Å². The number of hydrogen-bond acceptors (Lipinski definition) is 7. The number of carboxylic acids is 1. The molecular formula is C24H39N7O6. The monoisotopic (exact) mass is 521 g/mol. The van der Waals surface area contributed by atoms with E-state index in [0.717, 1.165) is 5.56 Å². The summed E-state index contributed by atoms with van der Waals surface area (Å²) in [7, 11) is 0. The third-order valence-corrected chi connectivity index (χ3v) is 5.35. The van der Waals surface area contributed by atoms with Crippen LogP contribution in [0.1, 0.15) is 38.7 Å². The molecule has 0 saturated carbocycles. The first-order chi connectivity index (χ1) is 17.4. The molecule has 4 unspecified atom stereocenters. The fourth-order valence-electron chi connectivity index (χ4n) is 3.44. The van der Waals surface area contributed by atoms with Gasteiger partial charge in [0.15, 0.2) is 5.96 Å². The first-order valence-corrected chi connectivity index (χ1v) is 12.0. The summed E-state index contributed by atoms with van der Waals surface area (Å²) >= 11 is 0. The Balaban J connectivity index is 2.99. The number of nitrogens with two attached hydrogens (primary N) is 3. The van der Waals surface area contributed by atoms with Gasteiger partial charge < -0.3 is 43.4 Å². The van der Waals surface area contributed by atoms with Crippen molar-refractivity contribution in [3.8, 4) is 0 Å². The topological polar surface area (TPSA) is 235 Å². The Morgan fingerprint density at radius 3 is 2.03 bits per heavy atom. The molecule has 0 aliphatic carbocycles. The average Bonchev–Trinajstić information content (AvgIpc) is 2.83. The lowest BCUT2D eigenvalue weighted by atomic mass is 10.0. The fourth-order valence-corrected chi connectivity index (χ4v) is 3.44. The van der Waals surface area contributed by atoms with Crippen molar-refractivity contribution >= 4 is 29.7 Å². The van der Waals surface area contributed by atoms with Gasteiger partial charge in [0.05, 0.1) is 12.6 Å². The van der Waals surface area contributed by atoms with Gasteiger partial charge in [-0.2, -0.15) is 0 Å². The lowest BCUT2D eigenvalue weighted by molar-refractivity contribution is -0.143. The van der Waals surface area contributed by atoms with E-state index in [2.05, 4.69) is 20.9 Å². The number of carbonyl (C=O) groups is 4. The van der Waals surface area contributed by atoms with Crippen LogP contribution in [0.2, 0.25) is 0 Å². The number of aliphatic imine (C=N–C) groups is 1. The first kappa shape index (κ1) is 31.3. The maximum Gasteiger partial charge on any atom is 0.328 e. The quantitative estimate of drug-likeness (QED) is 0.0694. The minimum Gasteiger partial charge on any atom is -0.480 e. The molecular weight excluding hydrogens is 482 g/mol. The number of benzene rings is 1. The van der Waals surface area contributed by atoms with Crippen molar-refractivity contribution in [2.45, 2.75) is 63.7 Å². The molecule has 0 spiro atoms. The highest BCUT2D eigenvalue weighted by Crippen LogP contribution is 2.08. The lowest BCUT2D eigenvalue weighted by Crippen LogP contribution is -2.57. The number of nitrogens with zero attached hydrogens (tertiary/aromatic N) is 1. The minimum absolute atomic E-state index is 0.0392. The number of aliphatic hydroxyl groups excluding tert-OH is 1. The van der Waals surface area contributed by atoms with Crippen molar-refractivity contribution < 1.29 is 29.4 Å². The molecule has 13 heteroatoms. The molecule has 4 atom stereocenters. The van der Waals surface area contributed by atoms with Crippen LogP contribution in [0.15, 0.2) is 35.3 Å². The van der Waals surface area contributed by atoms with Crippen molar-refractivity contribution in [3.05, 3.63) is 35.9 Å². The standard InChI is InChI=1S/C24H39N7O6/c1-14(2)11-18(22(35)31-19(13-32)23(36)37)30-21(34)17(9-6-10-28-24(26)27)29-20(33)16(25)12-15-7-4-3-5-8-15/h3-5,7-8,14,16-19,32H,6,9-13,25H2,1-2H3,(H,29,33)(H,30,34)(H,31,35)(H,36,37)(H4,26,27,28). The van der Waals surface area contributed by atoms with Crippen LogP contribution in [-0.2, 0) is 25.6 Å². The summed E-state index contributed by atoms with van der Waals surface area (Å²) in [6, 6.07) is 4.55. The van der Waals surface area contributed by atoms with E-state index < -0.39 is 54.5 Å². The second-order valence-electron chi connectivity index (χ2n) is 9.08. The highest BCUT2D eigenvalue weighted by molar-refractivity contribution is 5.94. The highest BCUT2D eigenvalue weighted by Gasteiger charge is 2.30. The van der Waals surface area contributed by atoms with Crippen LogP contribution in [0.25, 0.3) is 0 Å². The normalized spacial score (nSPS) is 14.1. The van der Waals surface area contributed by atoms with Gasteiger partial charge in [-0.05, 0) is 37.2 Å². The van der Waals surface area contributed by atoms with Gasteiger partial charge in [-0.1, -0.05) is 44.2 Å². The zero-order valence-corrected chi connectivity index (χ0v) is 21.2. The molecule has 0 fully saturated rings. The van der Waals surface area contributed by atoms with Crippen molar-refractivity contribution in [1.29, 1.82) is 0 Å². The Hall–Kier alpha value is -3.71. The van der Waals surface area contributed by atoms with Crippen LogP contribution >= 0.6 is 0 Å². The van der Waals surface area contributed by atoms with Gasteiger partial charge in [0.25, 0.3) is 0 Å². The van der Waals surface area contributed by atoms with E-state index in [-0.39, 0.29) is 37.7 Å². The van der Waals surface area contributed by atoms with Crippen molar-refractivity contribution in [3.63, 3.8) is 0 Å². The summed E-state index contributed by atoms with van der Waals surface area (Å²) in [5, 5.41) is 25.8. The van der Waals surface area contributed by atoms with Crippen LogP contribution in [0.5, 0.6) is 0 Å². The molecule has 0 bridgehead atoms. The number of nitrogens with one attached hydrogen (secondary N) is 3. The summed E-state index contributed by atoms with van der Waals surface area (Å²) in [5.74, 6) is -3.54. The molecule has 1 aromatic rings. The molecule has 11 N–H and O–H groups in total. The van der Waals surface area contributed by atoms with Gasteiger partial charge in [-0.15, -0.1) is 0 Å². The molecule has 1 aromatic carbocycles. The highest BCUT2D eigenvalue weighted by atomic mass is 16.4. The summed E-state index contributed by atoms with van der Waals surface area (Å²) in [6.45, 7) is 3.05. The first-order valence-electron chi connectivity index (χ1n) is 12.0. The van der Waals surface area contributed by atoms with Crippen LogP contribution in [-0.4, -0.2) is 77.2 Å². The zero-order valence-electron chi connectivity index (χ0n) is 21.2. The summed E-state index contributed by atoms with van der Waals surface area (Å²) in [4.78, 5) is 53.8. The SMILES string of the molecule is CC(C)CC(NC(=O)C(CCCN=C(N)N)NC(=O)C(N)Cc1ccccc1)C(=O)NC(CO)C(=O)O. The van der Waals surface area contributed by atoms with Crippen LogP contribution in [0.4, 0.5) is 0 Å². The molecule has 0 heterocycles. The van der Waals surface area contributed by atoms with Gasteiger partial charge >= 0.3 is 5.97 Å². The molecule has 0 aliphatic rings. The molecule has 1 rings (SSSR count). The summed E-state index contributed by atoms with van der Waals surface area (Å²) in [5.41, 5.74) is 17.6. The molecule has 0 radical (unpaired) electrons. The summed E-state index contributed by atoms with van der Waals surface area (Å²) in [6.07, 6.45) is 0.941. The Labute approximate surface area is 216 Å². The fraction of sp³-hybridized carbons (Fsp3) is 0.542. The number of carbonyl (C=O) groups excluding carboxylic acids is 3. The number of aliphatic carboxylic acids is 1. The second-order valence-corrected chi connectivity index (χ2v) is 9.08. The van der Waals surface area contributed by atoms with Gasteiger partial charge in [0.2, 0.25) is 17.7 Å². The van der Waals surface area contributed by atoms with Crippen molar-refractivity contribution in [2.75, 3.05) is 13.2 Å². The Morgan fingerprint density at radius 1 is 0.919 bits per heavy atom. The molecule has 206 valence electrons. The van der Waals surface area contributed by atoms with E-state index in [4.69, 9.17) is 22.3 Å². The number of hydrogen-bond donors (Lipinski definition) is 8. The molecule has 0 aromatic heterocycles.